The van der Waals surface area contributed by atoms with Gasteiger partial charge in [-0.3, -0.25) is 0 Å². The molecule has 5 nitrogen and oxygen atoms in total. The third kappa shape index (κ3) is 12.3. The standard InChI is InChI=1S/C13H28O5/c1-15-8-4-10-17-12-13(6-3-7-14)18-11-5-9-16-2/h13-14H,3-12H2,1-2H3. The van der Waals surface area contributed by atoms with E-state index in [2.05, 4.69) is 0 Å². The van der Waals surface area contributed by atoms with Crippen LogP contribution in [0, 0.1) is 0 Å². The Bertz CT molecular complexity index is 154. The molecule has 0 aromatic heterocycles. The van der Waals surface area contributed by atoms with Gasteiger partial charge in [0, 0.05) is 47.3 Å². The van der Waals surface area contributed by atoms with E-state index in [1.54, 1.807) is 14.2 Å². The summed E-state index contributed by atoms with van der Waals surface area (Å²) >= 11 is 0. The Labute approximate surface area is 110 Å². The van der Waals surface area contributed by atoms with Gasteiger partial charge in [-0.15, -0.1) is 0 Å². The molecule has 1 N–H and O–H groups in total. The first kappa shape index (κ1) is 17.8. The van der Waals surface area contributed by atoms with Gasteiger partial charge in [-0.25, -0.2) is 0 Å². The monoisotopic (exact) mass is 264 g/mol. The molecule has 1 unspecified atom stereocenters. The fourth-order valence-electron chi connectivity index (χ4n) is 1.51. The number of aliphatic hydroxyl groups is 1. The highest BCUT2D eigenvalue weighted by Crippen LogP contribution is 2.04. The van der Waals surface area contributed by atoms with Gasteiger partial charge in [0.05, 0.1) is 12.7 Å². The van der Waals surface area contributed by atoms with Crippen LogP contribution in [-0.4, -0.2) is 65.1 Å². The van der Waals surface area contributed by atoms with Crippen molar-refractivity contribution in [2.24, 2.45) is 0 Å². The average Bonchev–Trinajstić information content (AvgIpc) is 2.39. The number of hydrogen-bond acceptors (Lipinski definition) is 5. The molecule has 0 saturated carbocycles. The van der Waals surface area contributed by atoms with E-state index in [1.807, 2.05) is 0 Å². The minimum atomic E-state index is 0.0663. The third-order valence-corrected chi connectivity index (χ3v) is 2.47. The Balaban J connectivity index is 3.56. The lowest BCUT2D eigenvalue weighted by Crippen LogP contribution is -2.22. The predicted molar refractivity (Wildman–Crippen MR) is 69.9 cm³/mol. The highest BCUT2D eigenvalue weighted by atomic mass is 16.5. The summed E-state index contributed by atoms with van der Waals surface area (Å²) in [6, 6.07) is 0. The van der Waals surface area contributed by atoms with Crippen molar-refractivity contribution >= 4 is 0 Å². The summed E-state index contributed by atoms with van der Waals surface area (Å²) in [5, 5.41) is 8.83. The highest BCUT2D eigenvalue weighted by Gasteiger charge is 2.09. The predicted octanol–water partition coefficient (Wildman–Crippen LogP) is 1.23. The van der Waals surface area contributed by atoms with Crippen LogP contribution in [-0.2, 0) is 18.9 Å². The smallest absolute Gasteiger partial charge is 0.0809 e. The lowest BCUT2D eigenvalue weighted by Gasteiger charge is -2.17. The molecule has 110 valence electrons. The maximum Gasteiger partial charge on any atom is 0.0809 e. The zero-order valence-electron chi connectivity index (χ0n) is 11.7. The summed E-state index contributed by atoms with van der Waals surface area (Å²) in [4.78, 5) is 0. The Morgan fingerprint density at radius 1 is 0.889 bits per heavy atom. The van der Waals surface area contributed by atoms with E-state index in [0.29, 0.717) is 26.4 Å². The molecular formula is C13H28O5. The summed E-state index contributed by atoms with van der Waals surface area (Å²) in [5.74, 6) is 0. The molecule has 0 aromatic rings. The third-order valence-electron chi connectivity index (χ3n) is 2.47. The molecule has 0 fully saturated rings. The maximum atomic E-state index is 8.83. The van der Waals surface area contributed by atoms with Crippen LogP contribution in [0.3, 0.4) is 0 Å². The Morgan fingerprint density at radius 3 is 2.17 bits per heavy atom. The lowest BCUT2D eigenvalue weighted by molar-refractivity contribution is -0.0303. The lowest BCUT2D eigenvalue weighted by atomic mass is 10.2. The van der Waals surface area contributed by atoms with Gasteiger partial charge in [0.25, 0.3) is 0 Å². The molecule has 0 aliphatic rings. The highest BCUT2D eigenvalue weighted by molar-refractivity contribution is 4.57. The SMILES string of the molecule is COCCCOCC(CCCO)OCCCOC. The number of aliphatic hydroxyl groups excluding tert-OH is 1. The van der Waals surface area contributed by atoms with E-state index in [-0.39, 0.29) is 12.7 Å². The van der Waals surface area contributed by atoms with Crippen molar-refractivity contribution in [2.45, 2.75) is 31.8 Å². The molecular weight excluding hydrogens is 236 g/mol. The van der Waals surface area contributed by atoms with Gasteiger partial charge in [0.2, 0.25) is 0 Å². The Hall–Kier alpha value is -0.200. The van der Waals surface area contributed by atoms with E-state index in [9.17, 15) is 0 Å². The fourth-order valence-corrected chi connectivity index (χ4v) is 1.51. The van der Waals surface area contributed by atoms with Crippen molar-refractivity contribution in [3.05, 3.63) is 0 Å². The molecule has 0 radical (unpaired) electrons. The second-order valence-corrected chi connectivity index (χ2v) is 4.13. The van der Waals surface area contributed by atoms with Gasteiger partial charge in [0.15, 0.2) is 0 Å². The van der Waals surface area contributed by atoms with Gasteiger partial charge < -0.3 is 24.1 Å². The van der Waals surface area contributed by atoms with Gasteiger partial charge in [0.1, 0.15) is 0 Å². The first-order chi connectivity index (χ1) is 8.85. The number of rotatable bonds is 14. The van der Waals surface area contributed by atoms with Gasteiger partial charge >= 0.3 is 0 Å². The fraction of sp³-hybridized carbons (Fsp3) is 1.00. The van der Waals surface area contributed by atoms with E-state index < -0.39 is 0 Å². The van der Waals surface area contributed by atoms with E-state index in [0.717, 1.165) is 32.3 Å². The molecule has 0 saturated heterocycles. The number of methoxy groups -OCH3 is 2. The Kier molecular flexibility index (Phi) is 14.7. The van der Waals surface area contributed by atoms with Gasteiger partial charge in [-0.05, 0) is 25.7 Å². The molecule has 0 aliphatic carbocycles. The molecule has 0 amide bonds. The van der Waals surface area contributed by atoms with Crippen LogP contribution in [0.5, 0.6) is 0 Å². The van der Waals surface area contributed by atoms with Gasteiger partial charge in [-0.1, -0.05) is 0 Å². The van der Waals surface area contributed by atoms with Crippen LogP contribution in [0.4, 0.5) is 0 Å². The van der Waals surface area contributed by atoms with Gasteiger partial charge in [-0.2, -0.15) is 0 Å². The van der Waals surface area contributed by atoms with Crippen molar-refractivity contribution in [3.8, 4) is 0 Å². The number of hydrogen-bond donors (Lipinski definition) is 1. The van der Waals surface area contributed by atoms with Crippen molar-refractivity contribution < 1.29 is 24.1 Å². The van der Waals surface area contributed by atoms with Crippen LogP contribution in [0.1, 0.15) is 25.7 Å². The Morgan fingerprint density at radius 2 is 1.56 bits per heavy atom. The second kappa shape index (κ2) is 14.9. The molecule has 0 aliphatic heterocycles. The van der Waals surface area contributed by atoms with Crippen LogP contribution >= 0.6 is 0 Å². The van der Waals surface area contributed by atoms with Crippen molar-refractivity contribution in [1.29, 1.82) is 0 Å². The first-order valence-corrected chi connectivity index (χ1v) is 6.63. The zero-order chi connectivity index (χ0) is 13.5. The largest absolute Gasteiger partial charge is 0.396 e. The van der Waals surface area contributed by atoms with Crippen molar-refractivity contribution in [1.82, 2.24) is 0 Å². The molecule has 0 aromatic carbocycles. The molecule has 0 rings (SSSR count). The van der Waals surface area contributed by atoms with E-state index >= 15 is 0 Å². The summed E-state index contributed by atoms with van der Waals surface area (Å²) < 4.78 is 21.2. The zero-order valence-corrected chi connectivity index (χ0v) is 11.7. The number of ether oxygens (including phenoxy) is 4. The van der Waals surface area contributed by atoms with Crippen LogP contribution < -0.4 is 0 Å². The summed E-state index contributed by atoms with van der Waals surface area (Å²) in [5.41, 5.74) is 0. The van der Waals surface area contributed by atoms with Crippen LogP contribution in [0.25, 0.3) is 0 Å². The van der Waals surface area contributed by atoms with Crippen LogP contribution in [0.15, 0.2) is 0 Å². The van der Waals surface area contributed by atoms with Crippen molar-refractivity contribution in [2.75, 3.05) is 53.9 Å². The summed E-state index contributed by atoms with van der Waals surface area (Å²) in [6.45, 7) is 3.56. The van der Waals surface area contributed by atoms with Crippen LogP contribution in [0.2, 0.25) is 0 Å². The molecule has 0 spiro atoms. The molecule has 18 heavy (non-hydrogen) atoms. The minimum absolute atomic E-state index is 0.0663. The molecule has 5 heteroatoms. The van der Waals surface area contributed by atoms with Crippen molar-refractivity contribution in [3.63, 3.8) is 0 Å². The molecule has 0 bridgehead atoms. The normalized spacial score (nSPS) is 12.8. The maximum absolute atomic E-state index is 8.83. The quantitative estimate of drug-likeness (QED) is 0.478. The molecule has 0 heterocycles. The molecule has 1 atom stereocenters. The van der Waals surface area contributed by atoms with E-state index in [4.69, 9.17) is 24.1 Å². The second-order valence-electron chi connectivity index (χ2n) is 4.13. The minimum Gasteiger partial charge on any atom is -0.396 e. The first-order valence-electron chi connectivity index (χ1n) is 6.63. The summed E-state index contributed by atoms with van der Waals surface area (Å²) in [6.07, 6.45) is 3.42. The van der Waals surface area contributed by atoms with E-state index in [1.165, 1.54) is 0 Å². The summed E-state index contributed by atoms with van der Waals surface area (Å²) in [7, 11) is 3.37. The average molecular weight is 264 g/mol. The topological polar surface area (TPSA) is 57.2 Å².